The highest BCUT2D eigenvalue weighted by Crippen LogP contribution is 2.70. The van der Waals surface area contributed by atoms with Gasteiger partial charge in [-0.1, -0.05) is 146 Å². The van der Waals surface area contributed by atoms with E-state index in [0.717, 1.165) is 51.2 Å². The van der Waals surface area contributed by atoms with E-state index in [4.69, 9.17) is 4.42 Å². The lowest BCUT2D eigenvalue weighted by Gasteiger charge is -2.61. The Morgan fingerprint density at radius 1 is 0.373 bits per heavy atom. The van der Waals surface area contributed by atoms with Gasteiger partial charge in [0.2, 0.25) is 0 Å². The van der Waals surface area contributed by atoms with Gasteiger partial charge >= 0.3 is 0 Å². The molecule has 0 N–H and O–H groups in total. The van der Waals surface area contributed by atoms with E-state index in [1.54, 1.807) is 11.1 Å². The summed E-state index contributed by atoms with van der Waals surface area (Å²) in [5, 5.41) is 10.4. The lowest BCUT2D eigenvalue weighted by Crippen LogP contribution is -2.55. The molecule has 1 heterocycles. The lowest BCUT2D eigenvalue weighted by molar-refractivity contribution is -0.0393. The predicted molar refractivity (Wildman–Crippen MR) is 246 cm³/mol. The first kappa shape index (κ1) is 32.5. The molecule has 59 heavy (non-hydrogen) atoms. The molecule has 10 aromatic rings. The summed E-state index contributed by atoms with van der Waals surface area (Å²) < 4.78 is 6.26. The number of rotatable bonds is 3. The van der Waals surface area contributed by atoms with Crippen LogP contribution in [0.4, 0.5) is 0 Å². The Hall–Kier alpha value is -6.44. The molecule has 5 aliphatic rings. The maximum atomic E-state index is 6.26. The van der Waals surface area contributed by atoms with Gasteiger partial charge < -0.3 is 4.42 Å². The van der Waals surface area contributed by atoms with Crippen molar-refractivity contribution in [1.82, 2.24) is 0 Å². The first-order chi connectivity index (χ1) is 29.2. The van der Waals surface area contributed by atoms with Gasteiger partial charge in [-0.05, 0) is 168 Å². The van der Waals surface area contributed by atoms with Crippen molar-refractivity contribution in [2.75, 3.05) is 0 Å². The van der Waals surface area contributed by atoms with Crippen molar-refractivity contribution in [2.45, 2.75) is 37.5 Å². The maximum Gasteiger partial charge on any atom is 0.136 e. The number of fused-ring (bicyclic) bond motifs is 10. The third-order valence-electron chi connectivity index (χ3n) is 15.6. The standard InChI is InChI=1S/C58H42O/c1-2-10-43-37(9-1)21-25-50-51-32-40(23-26-52(51)58(57(43)50)41-28-34-27-35(30-41)31-42(58)29-34)56-48-14-5-3-12-46(48)55(47-13-4-6-15-49(47)56)38-19-17-36(18-20-38)39-22-24-45-44-11-7-8-16-53(44)59-54(45)33-39/h1-26,32-35,41-42H,27-31H2. The molecular formula is C58H42O. The van der Waals surface area contributed by atoms with Crippen LogP contribution in [-0.2, 0) is 5.41 Å². The van der Waals surface area contributed by atoms with Gasteiger partial charge in [0.05, 0.1) is 0 Å². The van der Waals surface area contributed by atoms with Crippen molar-refractivity contribution >= 4 is 54.3 Å². The van der Waals surface area contributed by atoms with Crippen LogP contribution in [0.5, 0.6) is 0 Å². The molecule has 0 aliphatic heterocycles. The van der Waals surface area contributed by atoms with Crippen molar-refractivity contribution in [3.05, 3.63) is 181 Å². The quantitative estimate of drug-likeness (QED) is 0.164. The second-order valence-electron chi connectivity index (χ2n) is 18.4. The fraction of sp³-hybridized carbons (Fsp3) is 0.172. The van der Waals surface area contributed by atoms with Crippen LogP contribution in [0.25, 0.3) is 98.8 Å². The highest BCUT2D eigenvalue weighted by Gasteiger charge is 2.62. The van der Waals surface area contributed by atoms with Crippen molar-refractivity contribution in [3.63, 3.8) is 0 Å². The van der Waals surface area contributed by atoms with Gasteiger partial charge in [-0.15, -0.1) is 0 Å². The second-order valence-corrected chi connectivity index (χ2v) is 18.4. The molecule has 5 aliphatic carbocycles. The Labute approximate surface area is 343 Å². The van der Waals surface area contributed by atoms with Crippen molar-refractivity contribution in [1.29, 1.82) is 0 Å². The molecule has 1 aromatic heterocycles. The van der Waals surface area contributed by atoms with Gasteiger partial charge in [-0.2, -0.15) is 0 Å². The Balaban J connectivity index is 0.941. The van der Waals surface area contributed by atoms with E-state index >= 15 is 0 Å². The van der Waals surface area contributed by atoms with Gasteiger partial charge in [-0.3, -0.25) is 0 Å². The molecule has 1 spiro atoms. The summed E-state index contributed by atoms with van der Waals surface area (Å²) in [5.74, 6) is 3.31. The van der Waals surface area contributed by atoms with Crippen molar-refractivity contribution in [3.8, 4) is 44.5 Å². The smallest absolute Gasteiger partial charge is 0.136 e. The number of furan rings is 1. The second kappa shape index (κ2) is 11.8. The summed E-state index contributed by atoms with van der Waals surface area (Å²) in [5.41, 5.74) is 15.7. The van der Waals surface area contributed by atoms with Crippen molar-refractivity contribution in [2.24, 2.45) is 23.7 Å². The minimum atomic E-state index is 0.120. The number of para-hydroxylation sites is 1. The minimum Gasteiger partial charge on any atom is -0.456 e. The van der Waals surface area contributed by atoms with Crippen LogP contribution in [0.3, 0.4) is 0 Å². The molecule has 9 aromatic carbocycles. The molecule has 4 fully saturated rings. The summed E-state index contributed by atoms with van der Waals surface area (Å²) in [4.78, 5) is 0. The minimum absolute atomic E-state index is 0.120. The Morgan fingerprint density at radius 3 is 1.61 bits per heavy atom. The predicted octanol–water partition coefficient (Wildman–Crippen LogP) is 15.8. The van der Waals surface area contributed by atoms with Crippen LogP contribution in [0.15, 0.2) is 174 Å². The van der Waals surface area contributed by atoms with Crippen LogP contribution in [0.1, 0.15) is 43.2 Å². The number of benzene rings is 9. The molecule has 1 heteroatoms. The molecule has 4 bridgehead atoms. The first-order valence-electron chi connectivity index (χ1n) is 21.8. The zero-order chi connectivity index (χ0) is 38.4. The lowest BCUT2D eigenvalue weighted by atomic mass is 9.43. The van der Waals surface area contributed by atoms with Gasteiger partial charge in [0.1, 0.15) is 11.2 Å². The molecule has 15 rings (SSSR count). The Kier molecular flexibility index (Phi) is 6.52. The normalized spacial score (nSPS) is 22.6. The maximum absolute atomic E-state index is 6.26. The zero-order valence-electron chi connectivity index (χ0n) is 32.9. The van der Waals surface area contributed by atoms with Gasteiger partial charge in [0, 0.05) is 16.2 Å². The van der Waals surface area contributed by atoms with Crippen molar-refractivity contribution < 1.29 is 4.42 Å². The summed E-state index contributed by atoms with van der Waals surface area (Å²) in [6.07, 6.45) is 7.05. The number of hydrogen-bond acceptors (Lipinski definition) is 1. The highest BCUT2D eigenvalue weighted by atomic mass is 16.3. The van der Waals surface area contributed by atoms with E-state index in [0.29, 0.717) is 0 Å². The van der Waals surface area contributed by atoms with E-state index in [-0.39, 0.29) is 5.41 Å². The van der Waals surface area contributed by atoms with Crippen LogP contribution >= 0.6 is 0 Å². The van der Waals surface area contributed by atoms with Gasteiger partial charge in [0.25, 0.3) is 0 Å². The van der Waals surface area contributed by atoms with E-state index in [1.807, 2.05) is 12.1 Å². The summed E-state index contributed by atoms with van der Waals surface area (Å²) in [7, 11) is 0. The summed E-state index contributed by atoms with van der Waals surface area (Å²) >= 11 is 0. The first-order valence-corrected chi connectivity index (χ1v) is 21.8. The third kappa shape index (κ3) is 4.35. The van der Waals surface area contributed by atoms with Crippen LogP contribution in [-0.4, -0.2) is 0 Å². The molecular weight excluding hydrogens is 713 g/mol. The third-order valence-corrected chi connectivity index (χ3v) is 15.6. The van der Waals surface area contributed by atoms with E-state index < -0.39 is 0 Å². The topological polar surface area (TPSA) is 13.1 Å². The monoisotopic (exact) mass is 754 g/mol. The molecule has 0 unspecified atom stereocenters. The van der Waals surface area contributed by atoms with E-state index in [1.165, 1.54) is 103 Å². The molecule has 0 atom stereocenters. The summed E-state index contributed by atoms with van der Waals surface area (Å²) in [6, 6.07) is 64.2. The molecule has 4 saturated carbocycles. The molecule has 280 valence electrons. The average Bonchev–Trinajstić information content (AvgIpc) is 3.80. The number of hydrogen-bond donors (Lipinski definition) is 0. The largest absolute Gasteiger partial charge is 0.456 e. The molecule has 0 saturated heterocycles. The molecule has 1 nitrogen and oxygen atoms in total. The Bertz CT molecular complexity index is 3310. The Morgan fingerprint density at radius 2 is 0.915 bits per heavy atom. The van der Waals surface area contributed by atoms with E-state index in [9.17, 15) is 0 Å². The molecule has 0 amide bonds. The highest BCUT2D eigenvalue weighted by molar-refractivity contribution is 6.21. The van der Waals surface area contributed by atoms with Crippen LogP contribution in [0.2, 0.25) is 0 Å². The fourth-order valence-electron chi connectivity index (χ4n) is 13.6. The van der Waals surface area contributed by atoms with Crippen LogP contribution < -0.4 is 0 Å². The summed E-state index contributed by atoms with van der Waals surface area (Å²) in [6.45, 7) is 0. The molecule has 0 radical (unpaired) electrons. The van der Waals surface area contributed by atoms with Gasteiger partial charge in [0.15, 0.2) is 0 Å². The fourth-order valence-corrected chi connectivity index (χ4v) is 13.6. The van der Waals surface area contributed by atoms with Crippen LogP contribution in [0, 0.1) is 23.7 Å². The SMILES string of the molecule is c1ccc2c3c(ccc2c1)-c1cc(-c2c4ccccc4c(-c4ccc(-c5ccc6c(c5)oc5ccccc56)cc4)c4ccccc24)ccc1C31C2CC3CC(C2)CC1C3. The van der Waals surface area contributed by atoms with Gasteiger partial charge in [-0.25, -0.2) is 0 Å². The van der Waals surface area contributed by atoms with E-state index in [2.05, 4.69) is 158 Å². The average molecular weight is 755 g/mol. The zero-order valence-corrected chi connectivity index (χ0v) is 32.9.